The number of pyridine rings is 1. The lowest BCUT2D eigenvalue weighted by molar-refractivity contribution is 0.371. The highest BCUT2D eigenvalue weighted by Gasteiger charge is 2.51. The Balaban J connectivity index is 1.74. The second-order valence-corrected chi connectivity index (χ2v) is 11.2. The molecule has 0 bridgehead atoms. The molecule has 4 rings (SSSR count). The van der Waals surface area contributed by atoms with Gasteiger partial charge in [0.25, 0.3) is 5.56 Å². The summed E-state index contributed by atoms with van der Waals surface area (Å²) < 4.78 is 27.5. The molecule has 3 aromatic rings. The summed E-state index contributed by atoms with van der Waals surface area (Å²) in [6.07, 6.45) is 2.87. The molecule has 0 aliphatic heterocycles. The Morgan fingerprint density at radius 1 is 1.31 bits per heavy atom. The molecular formula is C22H26N6O3S. The van der Waals surface area contributed by atoms with Gasteiger partial charge in [0.15, 0.2) is 5.82 Å². The molecule has 168 valence electrons. The van der Waals surface area contributed by atoms with Gasteiger partial charge in [0.2, 0.25) is 10.0 Å². The number of anilines is 2. The summed E-state index contributed by atoms with van der Waals surface area (Å²) in [6, 6.07) is 10.2. The highest BCUT2D eigenvalue weighted by molar-refractivity contribution is 7.89. The van der Waals surface area contributed by atoms with Gasteiger partial charge < -0.3 is 10.3 Å². The van der Waals surface area contributed by atoms with Gasteiger partial charge in [-0.1, -0.05) is 13.8 Å². The summed E-state index contributed by atoms with van der Waals surface area (Å²) in [5, 5.41) is 17.7. The monoisotopic (exact) mass is 454 g/mol. The molecule has 1 fully saturated rings. The molecule has 1 aromatic carbocycles. The quantitative estimate of drug-likeness (QED) is 0.565. The number of nitrogens with zero attached hydrogens (tertiary/aromatic N) is 4. The third-order valence-electron chi connectivity index (χ3n) is 6.19. The largest absolute Gasteiger partial charge is 0.338 e. The zero-order valence-corrected chi connectivity index (χ0v) is 19.3. The summed E-state index contributed by atoms with van der Waals surface area (Å²) >= 11 is 0. The van der Waals surface area contributed by atoms with E-state index in [4.69, 9.17) is 5.10 Å². The Morgan fingerprint density at radius 3 is 2.53 bits per heavy atom. The van der Waals surface area contributed by atoms with Crippen molar-refractivity contribution in [2.45, 2.75) is 37.6 Å². The van der Waals surface area contributed by atoms with E-state index in [1.54, 1.807) is 29.1 Å². The van der Waals surface area contributed by atoms with Crippen molar-refractivity contribution in [2.75, 3.05) is 19.4 Å². The minimum Gasteiger partial charge on any atom is -0.338 e. The normalized spacial score (nSPS) is 18.4. The van der Waals surface area contributed by atoms with E-state index in [1.165, 1.54) is 26.2 Å². The maximum absolute atomic E-state index is 12.7. The fourth-order valence-electron chi connectivity index (χ4n) is 4.15. The van der Waals surface area contributed by atoms with Crippen molar-refractivity contribution in [2.24, 2.45) is 11.3 Å². The van der Waals surface area contributed by atoms with E-state index >= 15 is 0 Å². The fraction of sp³-hybridized carbons (Fsp3) is 0.409. The van der Waals surface area contributed by atoms with Crippen molar-refractivity contribution < 1.29 is 8.42 Å². The molecule has 0 radical (unpaired) electrons. The summed E-state index contributed by atoms with van der Waals surface area (Å²) in [5.74, 6) is 0.666. The number of aromatic nitrogens is 3. The number of aromatic amines is 1. The number of nitrogens with one attached hydrogen (secondary N) is 2. The standard InChI is InChI=1S/C22H26N6O3S/c1-22(2)13-16(22)17(9-11-23)28-18-10-12-24-21(29)19(18)20(26-28)25-14-5-7-15(8-6-14)32(30,31)27(3)4/h5-8,10,12,16-17H,9,13H2,1-4H3,(H,24,29)(H,25,26)/t16-,17+/m1/s1. The summed E-state index contributed by atoms with van der Waals surface area (Å²) in [5.41, 5.74) is 1.10. The van der Waals surface area contributed by atoms with E-state index in [9.17, 15) is 18.5 Å². The van der Waals surface area contributed by atoms with Crippen LogP contribution in [-0.4, -0.2) is 41.6 Å². The molecule has 2 heterocycles. The van der Waals surface area contributed by atoms with Crippen molar-refractivity contribution in [1.29, 1.82) is 5.26 Å². The maximum atomic E-state index is 12.7. The smallest absolute Gasteiger partial charge is 0.261 e. The molecule has 0 saturated heterocycles. The third kappa shape index (κ3) is 3.78. The molecule has 2 N–H and O–H groups in total. The zero-order chi connectivity index (χ0) is 23.3. The Labute approximate surface area is 186 Å². The third-order valence-corrected chi connectivity index (χ3v) is 8.02. The minimum atomic E-state index is -3.53. The van der Waals surface area contributed by atoms with Crippen molar-refractivity contribution in [3.63, 3.8) is 0 Å². The first kappa shape index (κ1) is 22.0. The molecule has 32 heavy (non-hydrogen) atoms. The van der Waals surface area contributed by atoms with E-state index in [1.807, 2.05) is 0 Å². The van der Waals surface area contributed by atoms with Crippen molar-refractivity contribution in [3.05, 3.63) is 46.9 Å². The van der Waals surface area contributed by atoms with Crippen molar-refractivity contribution >= 4 is 32.4 Å². The number of hydrogen-bond donors (Lipinski definition) is 2. The van der Waals surface area contributed by atoms with Gasteiger partial charge in [0, 0.05) is 26.0 Å². The number of H-pyrrole nitrogens is 1. The van der Waals surface area contributed by atoms with Crippen LogP contribution >= 0.6 is 0 Å². The van der Waals surface area contributed by atoms with Crippen LogP contribution in [0.3, 0.4) is 0 Å². The SMILES string of the molecule is CN(C)S(=O)(=O)c1ccc(Nc2nn([C@@H](CC#N)[C@H]3CC3(C)C)c3cc[nH]c(=O)c23)cc1. The van der Waals surface area contributed by atoms with Gasteiger partial charge in [-0.3, -0.25) is 9.48 Å². The Bertz CT molecular complexity index is 1360. The maximum Gasteiger partial charge on any atom is 0.261 e. The van der Waals surface area contributed by atoms with Crippen LogP contribution in [0, 0.1) is 22.7 Å². The first-order chi connectivity index (χ1) is 15.1. The predicted octanol–water partition coefficient (Wildman–Crippen LogP) is 3.22. The van der Waals surface area contributed by atoms with Gasteiger partial charge in [-0.25, -0.2) is 12.7 Å². The van der Waals surface area contributed by atoms with E-state index in [2.05, 4.69) is 30.2 Å². The van der Waals surface area contributed by atoms with Crippen LogP contribution in [0.5, 0.6) is 0 Å². The number of benzene rings is 1. The number of nitriles is 1. The molecule has 10 heteroatoms. The van der Waals surface area contributed by atoms with Gasteiger partial charge >= 0.3 is 0 Å². The van der Waals surface area contributed by atoms with Gasteiger partial charge in [-0.05, 0) is 48.1 Å². The predicted molar refractivity (Wildman–Crippen MR) is 122 cm³/mol. The number of hydrogen-bond acceptors (Lipinski definition) is 6. The van der Waals surface area contributed by atoms with Crippen LogP contribution in [0.4, 0.5) is 11.5 Å². The van der Waals surface area contributed by atoms with Crippen LogP contribution in [0.15, 0.2) is 46.2 Å². The lowest BCUT2D eigenvalue weighted by Crippen LogP contribution is -2.22. The first-order valence-electron chi connectivity index (χ1n) is 10.3. The molecule has 2 aromatic heterocycles. The van der Waals surface area contributed by atoms with Crippen LogP contribution < -0.4 is 10.9 Å². The Morgan fingerprint density at radius 2 is 1.97 bits per heavy atom. The minimum absolute atomic E-state index is 0.127. The summed E-state index contributed by atoms with van der Waals surface area (Å²) in [7, 11) is -0.580. The number of sulfonamides is 1. The second-order valence-electron chi connectivity index (χ2n) is 9.03. The molecule has 1 aliphatic rings. The number of rotatable bonds is 7. The molecular weight excluding hydrogens is 428 g/mol. The molecule has 0 amide bonds. The highest BCUT2D eigenvalue weighted by Crippen LogP contribution is 2.58. The van der Waals surface area contributed by atoms with Crippen LogP contribution in [0.2, 0.25) is 0 Å². The summed E-state index contributed by atoms with van der Waals surface area (Å²) in [6.45, 7) is 4.34. The number of fused-ring (bicyclic) bond motifs is 1. The average Bonchev–Trinajstić information content (AvgIpc) is 3.21. The van der Waals surface area contributed by atoms with Crippen molar-refractivity contribution in [3.8, 4) is 6.07 Å². The summed E-state index contributed by atoms with van der Waals surface area (Å²) in [4.78, 5) is 15.5. The fourth-order valence-corrected chi connectivity index (χ4v) is 5.06. The van der Waals surface area contributed by atoms with Gasteiger partial charge in [-0.15, -0.1) is 0 Å². The van der Waals surface area contributed by atoms with E-state index in [0.29, 0.717) is 34.7 Å². The van der Waals surface area contributed by atoms with E-state index < -0.39 is 10.0 Å². The first-order valence-corrected chi connectivity index (χ1v) is 11.8. The molecule has 0 spiro atoms. The molecule has 2 atom stereocenters. The molecule has 1 aliphatic carbocycles. The van der Waals surface area contributed by atoms with Crippen LogP contribution in [-0.2, 0) is 10.0 Å². The van der Waals surface area contributed by atoms with Gasteiger partial charge in [-0.2, -0.15) is 10.4 Å². The Kier molecular flexibility index (Phi) is 5.35. The lowest BCUT2D eigenvalue weighted by Gasteiger charge is -2.17. The Hall–Kier alpha value is -3.16. The van der Waals surface area contributed by atoms with Crippen LogP contribution in [0.25, 0.3) is 10.9 Å². The molecule has 1 saturated carbocycles. The van der Waals surface area contributed by atoms with E-state index in [-0.39, 0.29) is 21.9 Å². The van der Waals surface area contributed by atoms with Crippen LogP contribution in [0.1, 0.15) is 32.7 Å². The lowest BCUT2D eigenvalue weighted by atomic mass is 10.0. The second kappa shape index (κ2) is 7.76. The van der Waals surface area contributed by atoms with E-state index in [0.717, 1.165) is 10.7 Å². The zero-order valence-electron chi connectivity index (χ0n) is 18.5. The average molecular weight is 455 g/mol. The highest BCUT2D eigenvalue weighted by atomic mass is 32.2. The molecule has 0 unspecified atom stereocenters. The van der Waals surface area contributed by atoms with Gasteiger partial charge in [0.05, 0.1) is 28.9 Å². The van der Waals surface area contributed by atoms with Crippen molar-refractivity contribution in [1.82, 2.24) is 19.1 Å². The topological polar surface area (TPSA) is 124 Å². The molecule has 9 nitrogen and oxygen atoms in total. The van der Waals surface area contributed by atoms with Gasteiger partial charge in [0.1, 0.15) is 5.39 Å².